The lowest BCUT2D eigenvalue weighted by Crippen LogP contribution is -2.24. The van der Waals surface area contributed by atoms with E-state index < -0.39 is 29.9 Å². The van der Waals surface area contributed by atoms with Crippen molar-refractivity contribution >= 4 is 40.2 Å². The Kier molecular flexibility index (Phi) is 6.52. The third kappa shape index (κ3) is 4.19. The maximum absolute atomic E-state index is 12.6. The second kappa shape index (κ2) is 8.65. The van der Waals surface area contributed by atoms with Crippen molar-refractivity contribution in [2.24, 2.45) is 0 Å². The fourth-order valence-corrected chi connectivity index (χ4v) is 3.44. The molecule has 0 saturated carbocycles. The molecule has 0 aliphatic heterocycles. The first-order chi connectivity index (χ1) is 13.2. The minimum atomic E-state index is -1.22. The van der Waals surface area contributed by atoms with Crippen LogP contribution in [0.1, 0.15) is 56.0 Å². The van der Waals surface area contributed by atoms with Crippen LogP contribution < -0.4 is 5.32 Å². The molecule has 10 nitrogen and oxygen atoms in total. The summed E-state index contributed by atoms with van der Waals surface area (Å²) in [5, 5.41) is 15.5. The summed E-state index contributed by atoms with van der Waals surface area (Å²) in [6, 6.07) is 0.396. The molecule has 1 unspecified atom stereocenters. The molecule has 0 spiro atoms. The first-order valence-electron chi connectivity index (χ1n) is 8.19. The summed E-state index contributed by atoms with van der Waals surface area (Å²) in [6.45, 7) is 4.88. The molecule has 2 heterocycles. The van der Waals surface area contributed by atoms with Gasteiger partial charge in [-0.2, -0.15) is 5.10 Å². The van der Waals surface area contributed by atoms with Crippen molar-refractivity contribution in [3.05, 3.63) is 34.0 Å². The van der Waals surface area contributed by atoms with Crippen LogP contribution in [-0.2, 0) is 14.3 Å². The van der Waals surface area contributed by atoms with E-state index in [9.17, 15) is 19.2 Å². The minimum Gasteiger partial charge on any atom is -0.476 e. The van der Waals surface area contributed by atoms with E-state index in [0.29, 0.717) is 5.56 Å². The Morgan fingerprint density at radius 2 is 2.00 bits per heavy atom. The number of ether oxygens (including phenoxy) is 2. The molecule has 2 aromatic heterocycles. The number of nitrogens with zero attached hydrogens (tertiary/aromatic N) is 2. The summed E-state index contributed by atoms with van der Waals surface area (Å²) in [5.41, 5.74) is 0.194. The Morgan fingerprint density at radius 3 is 2.54 bits per heavy atom. The Balaban J connectivity index is 2.33. The summed E-state index contributed by atoms with van der Waals surface area (Å²) < 4.78 is 10.9. The number of hydrogen-bond acceptors (Lipinski definition) is 8. The first kappa shape index (κ1) is 21.1. The van der Waals surface area contributed by atoms with Crippen LogP contribution in [0.4, 0.5) is 5.00 Å². The molecule has 0 aliphatic carbocycles. The van der Waals surface area contributed by atoms with E-state index in [0.717, 1.165) is 11.3 Å². The van der Waals surface area contributed by atoms with Gasteiger partial charge in [-0.3, -0.25) is 9.48 Å². The van der Waals surface area contributed by atoms with E-state index in [1.165, 1.54) is 31.0 Å². The summed E-state index contributed by atoms with van der Waals surface area (Å²) in [6.07, 6.45) is 1.36. The van der Waals surface area contributed by atoms with Crippen LogP contribution in [0.15, 0.2) is 12.3 Å². The summed E-state index contributed by atoms with van der Waals surface area (Å²) in [7, 11) is 1.19. The second-order valence-corrected chi connectivity index (χ2v) is 6.64. The van der Waals surface area contributed by atoms with Gasteiger partial charge in [-0.1, -0.05) is 0 Å². The monoisotopic (exact) mass is 409 g/mol. The maximum atomic E-state index is 12.6. The average Bonchev–Trinajstić information content (AvgIpc) is 3.26. The molecule has 0 radical (unpaired) electrons. The number of aromatic carboxylic acids is 1. The highest BCUT2D eigenvalue weighted by molar-refractivity contribution is 7.18. The van der Waals surface area contributed by atoms with Gasteiger partial charge in [0.15, 0.2) is 5.69 Å². The highest BCUT2D eigenvalue weighted by atomic mass is 32.1. The van der Waals surface area contributed by atoms with Crippen LogP contribution >= 0.6 is 11.3 Å². The molecule has 2 N–H and O–H groups in total. The standard InChI is InChI=1S/C17H19N3O7S/c1-5-27-17(25)12-8(2)11(16(24)26-4)14(28-12)18-13(21)9(3)20-7-6-10(19-20)15(22)23/h6-7,9H,5H2,1-4H3,(H,18,21)(H,22,23). The van der Waals surface area contributed by atoms with Crippen LogP contribution in [0.25, 0.3) is 0 Å². The van der Waals surface area contributed by atoms with Gasteiger partial charge in [-0.15, -0.1) is 11.3 Å². The number of carbonyl (C=O) groups excluding carboxylic acids is 3. The largest absolute Gasteiger partial charge is 0.476 e. The van der Waals surface area contributed by atoms with E-state index in [1.807, 2.05) is 0 Å². The Labute approximate surface area is 164 Å². The fraction of sp³-hybridized carbons (Fsp3) is 0.353. The SMILES string of the molecule is CCOC(=O)c1sc(NC(=O)C(C)n2ccc(C(=O)O)n2)c(C(=O)OC)c1C. The summed E-state index contributed by atoms with van der Waals surface area (Å²) in [4.78, 5) is 48.0. The predicted octanol–water partition coefficient (Wildman–Crippen LogP) is 2.11. The van der Waals surface area contributed by atoms with E-state index in [-0.39, 0.29) is 27.7 Å². The molecule has 1 atom stereocenters. The van der Waals surface area contributed by atoms with Crippen molar-refractivity contribution in [2.45, 2.75) is 26.8 Å². The zero-order valence-corrected chi connectivity index (χ0v) is 16.5. The predicted molar refractivity (Wildman–Crippen MR) is 98.9 cm³/mol. The van der Waals surface area contributed by atoms with Gasteiger partial charge in [0.25, 0.3) is 0 Å². The molecule has 0 saturated heterocycles. The minimum absolute atomic E-state index is 0.0581. The van der Waals surface area contributed by atoms with Crippen LogP contribution in [-0.4, -0.2) is 52.4 Å². The van der Waals surface area contributed by atoms with E-state index >= 15 is 0 Å². The second-order valence-electron chi connectivity index (χ2n) is 5.62. The van der Waals surface area contributed by atoms with Crippen molar-refractivity contribution < 1.29 is 33.8 Å². The number of carbonyl (C=O) groups is 4. The lowest BCUT2D eigenvalue weighted by molar-refractivity contribution is -0.119. The quantitative estimate of drug-likeness (QED) is 0.664. The van der Waals surface area contributed by atoms with Crippen LogP contribution in [0.3, 0.4) is 0 Å². The fourth-order valence-electron chi connectivity index (χ4n) is 2.35. The van der Waals surface area contributed by atoms with Gasteiger partial charge in [0.1, 0.15) is 15.9 Å². The topological polar surface area (TPSA) is 137 Å². The van der Waals surface area contributed by atoms with Crippen molar-refractivity contribution in [3.8, 4) is 0 Å². The lowest BCUT2D eigenvalue weighted by atomic mass is 10.1. The first-order valence-corrected chi connectivity index (χ1v) is 9.01. The third-order valence-electron chi connectivity index (χ3n) is 3.84. The zero-order valence-electron chi connectivity index (χ0n) is 15.6. The Hall–Kier alpha value is -3.21. The number of methoxy groups -OCH3 is 1. The lowest BCUT2D eigenvalue weighted by Gasteiger charge is -2.12. The molecule has 150 valence electrons. The number of anilines is 1. The smallest absolute Gasteiger partial charge is 0.356 e. The van der Waals surface area contributed by atoms with Crippen LogP contribution in [0, 0.1) is 6.92 Å². The van der Waals surface area contributed by atoms with Gasteiger partial charge < -0.3 is 19.9 Å². The average molecular weight is 409 g/mol. The number of rotatable bonds is 7. The molecular weight excluding hydrogens is 390 g/mol. The molecule has 0 aliphatic rings. The van der Waals surface area contributed by atoms with Gasteiger partial charge in [0, 0.05) is 6.20 Å². The molecular formula is C17H19N3O7S. The number of nitrogens with one attached hydrogen (secondary N) is 1. The molecule has 0 aromatic carbocycles. The highest BCUT2D eigenvalue weighted by Gasteiger charge is 2.28. The van der Waals surface area contributed by atoms with Crippen LogP contribution in [0.2, 0.25) is 0 Å². The summed E-state index contributed by atoms with van der Waals surface area (Å²) in [5.74, 6) is -3.09. The zero-order chi connectivity index (χ0) is 21.0. The van der Waals surface area contributed by atoms with Gasteiger partial charge in [0.2, 0.25) is 5.91 Å². The van der Waals surface area contributed by atoms with Gasteiger partial charge in [-0.25, -0.2) is 14.4 Å². The Bertz CT molecular complexity index is 931. The number of aromatic nitrogens is 2. The molecule has 11 heteroatoms. The molecule has 1 amide bonds. The summed E-state index contributed by atoms with van der Waals surface area (Å²) >= 11 is 0.898. The van der Waals surface area contributed by atoms with Crippen molar-refractivity contribution in [2.75, 3.05) is 19.0 Å². The van der Waals surface area contributed by atoms with E-state index in [4.69, 9.17) is 14.6 Å². The Morgan fingerprint density at radius 1 is 1.32 bits per heavy atom. The number of esters is 2. The third-order valence-corrected chi connectivity index (χ3v) is 5.02. The van der Waals surface area contributed by atoms with Crippen molar-refractivity contribution in [1.29, 1.82) is 0 Å². The molecule has 0 bridgehead atoms. The number of hydrogen-bond donors (Lipinski definition) is 2. The van der Waals surface area contributed by atoms with Crippen molar-refractivity contribution in [3.63, 3.8) is 0 Å². The molecule has 2 rings (SSSR count). The van der Waals surface area contributed by atoms with Gasteiger partial charge in [0.05, 0.1) is 19.3 Å². The van der Waals surface area contributed by atoms with E-state index in [2.05, 4.69) is 10.4 Å². The highest BCUT2D eigenvalue weighted by Crippen LogP contribution is 2.34. The van der Waals surface area contributed by atoms with Gasteiger partial charge >= 0.3 is 17.9 Å². The van der Waals surface area contributed by atoms with Crippen molar-refractivity contribution in [1.82, 2.24) is 9.78 Å². The molecule has 0 fully saturated rings. The number of carboxylic acid groups (broad SMARTS) is 1. The maximum Gasteiger partial charge on any atom is 0.356 e. The number of amides is 1. The van der Waals surface area contributed by atoms with Crippen LogP contribution in [0.5, 0.6) is 0 Å². The van der Waals surface area contributed by atoms with E-state index in [1.54, 1.807) is 13.8 Å². The molecule has 28 heavy (non-hydrogen) atoms. The number of carboxylic acids is 1. The number of thiophene rings is 1. The normalized spacial score (nSPS) is 11.6. The van der Waals surface area contributed by atoms with Gasteiger partial charge in [-0.05, 0) is 32.4 Å². The molecule has 2 aromatic rings.